The summed E-state index contributed by atoms with van der Waals surface area (Å²) >= 11 is 0. The van der Waals surface area contributed by atoms with Gasteiger partial charge in [-0.1, -0.05) is 12.8 Å². The Labute approximate surface area is 126 Å². The van der Waals surface area contributed by atoms with E-state index in [1.165, 1.54) is 4.31 Å². The van der Waals surface area contributed by atoms with E-state index < -0.39 is 38.1 Å². The molecule has 1 aliphatic heterocycles. The van der Waals surface area contributed by atoms with Crippen LogP contribution in [0.15, 0.2) is 17.0 Å². The van der Waals surface area contributed by atoms with Crippen molar-refractivity contribution in [3.05, 3.63) is 29.3 Å². The van der Waals surface area contributed by atoms with Crippen molar-refractivity contribution in [2.24, 2.45) is 5.92 Å². The summed E-state index contributed by atoms with van der Waals surface area (Å²) in [7, 11) is -4.15. The number of sulfonamides is 1. The fourth-order valence-corrected chi connectivity index (χ4v) is 5.15. The highest BCUT2D eigenvalue weighted by atomic mass is 32.2. The summed E-state index contributed by atoms with van der Waals surface area (Å²) in [5, 5.41) is 8.87. The Morgan fingerprint density at radius 1 is 1.18 bits per heavy atom. The topological polar surface area (TPSA) is 74.7 Å². The van der Waals surface area contributed by atoms with Crippen LogP contribution in [-0.2, 0) is 10.0 Å². The second kappa shape index (κ2) is 5.27. The zero-order valence-electron chi connectivity index (χ0n) is 11.6. The molecule has 22 heavy (non-hydrogen) atoms. The Morgan fingerprint density at radius 3 is 2.50 bits per heavy atom. The third-order valence-corrected chi connectivity index (χ3v) is 6.40. The van der Waals surface area contributed by atoms with Crippen LogP contribution in [0, 0.1) is 17.6 Å². The molecule has 1 heterocycles. The van der Waals surface area contributed by atoms with E-state index in [0.717, 1.165) is 25.7 Å². The van der Waals surface area contributed by atoms with E-state index in [0.29, 0.717) is 18.7 Å². The summed E-state index contributed by atoms with van der Waals surface area (Å²) in [6, 6.07) is 0.726. The molecular formula is C14H15F2NO4S. The molecular weight excluding hydrogens is 316 g/mol. The highest BCUT2D eigenvalue weighted by Gasteiger charge is 2.47. The van der Waals surface area contributed by atoms with Gasteiger partial charge in [-0.05, 0) is 24.8 Å². The van der Waals surface area contributed by atoms with E-state index in [-0.39, 0.29) is 12.0 Å². The Morgan fingerprint density at radius 2 is 1.86 bits per heavy atom. The van der Waals surface area contributed by atoms with Crippen molar-refractivity contribution in [2.45, 2.75) is 36.6 Å². The van der Waals surface area contributed by atoms with Crippen LogP contribution in [0.25, 0.3) is 0 Å². The normalized spacial score (nSPS) is 25.4. The summed E-state index contributed by atoms with van der Waals surface area (Å²) < 4.78 is 53.6. The van der Waals surface area contributed by atoms with Gasteiger partial charge in [0.2, 0.25) is 10.0 Å². The molecule has 1 saturated carbocycles. The monoisotopic (exact) mass is 331 g/mol. The van der Waals surface area contributed by atoms with Gasteiger partial charge in [0, 0.05) is 18.7 Å². The minimum atomic E-state index is -4.15. The number of nitrogens with zero attached hydrogens (tertiary/aromatic N) is 1. The SMILES string of the molecule is O=C(O)c1cc(S(=O)(=O)N2C[C@H]3CCCC[C@H]32)c(F)cc1F. The largest absolute Gasteiger partial charge is 0.478 e. The summed E-state index contributed by atoms with van der Waals surface area (Å²) in [6.07, 6.45) is 3.64. The number of aromatic carboxylic acids is 1. The number of carbonyl (C=O) groups is 1. The molecule has 8 heteroatoms. The molecule has 1 aromatic carbocycles. The number of rotatable bonds is 3. The molecule has 0 radical (unpaired) electrons. The minimum Gasteiger partial charge on any atom is -0.478 e. The highest BCUT2D eigenvalue weighted by molar-refractivity contribution is 7.89. The fraction of sp³-hybridized carbons (Fsp3) is 0.500. The smallest absolute Gasteiger partial charge is 0.338 e. The first-order chi connectivity index (χ1) is 10.3. The number of hydrogen-bond donors (Lipinski definition) is 1. The first-order valence-electron chi connectivity index (χ1n) is 7.06. The lowest BCUT2D eigenvalue weighted by molar-refractivity contribution is 0.0599. The second-order valence-corrected chi connectivity index (χ2v) is 7.61. The van der Waals surface area contributed by atoms with Gasteiger partial charge >= 0.3 is 5.97 Å². The van der Waals surface area contributed by atoms with Gasteiger partial charge in [-0.2, -0.15) is 4.31 Å². The van der Waals surface area contributed by atoms with Crippen LogP contribution < -0.4 is 0 Å². The predicted molar refractivity (Wildman–Crippen MR) is 73.0 cm³/mol. The maximum absolute atomic E-state index is 13.9. The van der Waals surface area contributed by atoms with Crippen molar-refractivity contribution in [1.29, 1.82) is 0 Å². The summed E-state index contributed by atoms with van der Waals surface area (Å²) in [5.41, 5.74) is -0.847. The number of hydrogen-bond acceptors (Lipinski definition) is 3. The first-order valence-corrected chi connectivity index (χ1v) is 8.50. The Bertz CT molecular complexity index is 735. The molecule has 5 nitrogen and oxygen atoms in total. The molecule has 0 bridgehead atoms. The van der Waals surface area contributed by atoms with E-state index in [9.17, 15) is 22.0 Å². The Kier molecular flexibility index (Phi) is 3.68. The van der Waals surface area contributed by atoms with Crippen molar-refractivity contribution in [3.63, 3.8) is 0 Å². The Balaban J connectivity index is 1.99. The minimum absolute atomic E-state index is 0.156. The van der Waals surface area contributed by atoms with E-state index >= 15 is 0 Å². The van der Waals surface area contributed by atoms with Gasteiger partial charge in [0.15, 0.2) is 0 Å². The van der Waals surface area contributed by atoms with Crippen LogP contribution in [-0.4, -0.2) is 36.4 Å². The Hall–Kier alpha value is -1.54. The molecule has 0 amide bonds. The number of benzene rings is 1. The molecule has 0 aromatic heterocycles. The highest BCUT2D eigenvalue weighted by Crippen LogP contribution is 2.41. The predicted octanol–water partition coefficient (Wildman–Crippen LogP) is 2.23. The molecule has 1 saturated heterocycles. The zero-order chi connectivity index (χ0) is 16.1. The number of fused-ring (bicyclic) bond motifs is 1. The standard InChI is InChI=1S/C14H15F2NO4S/c15-10-6-11(16)13(5-9(10)14(18)19)22(20,21)17-7-8-3-1-2-4-12(8)17/h5-6,8,12H,1-4,7H2,(H,18,19)/t8-,12-/m1/s1. The molecule has 3 rings (SSSR count). The van der Waals surface area contributed by atoms with Crippen molar-refractivity contribution in [2.75, 3.05) is 6.54 Å². The van der Waals surface area contributed by atoms with Crippen LogP contribution in [0.3, 0.4) is 0 Å². The van der Waals surface area contributed by atoms with Gasteiger partial charge in [-0.15, -0.1) is 0 Å². The lowest BCUT2D eigenvalue weighted by Gasteiger charge is -2.49. The molecule has 2 fully saturated rings. The van der Waals surface area contributed by atoms with Crippen LogP contribution in [0.5, 0.6) is 0 Å². The second-order valence-electron chi connectivity index (χ2n) is 5.75. The van der Waals surface area contributed by atoms with E-state index in [1.54, 1.807) is 0 Å². The average molecular weight is 331 g/mol. The first kappa shape index (κ1) is 15.4. The van der Waals surface area contributed by atoms with Gasteiger partial charge in [-0.25, -0.2) is 22.0 Å². The fourth-order valence-electron chi connectivity index (χ4n) is 3.30. The molecule has 1 aliphatic carbocycles. The molecule has 120 valence electrons. The van der Waals surface area contributed by atoms with Gasteiger partial charge in [0.1, 0.15) is 16.5 Å². The zero-order valence-corrected chi connectivity index (χ0v) is 12.4. The number of carboxylic acid groups (broad SMARTS) is 1. The maximum atomic E-state index is 13.9. The third kappa shape index (κ3) is 2.30. The summed E-state index contributed by atoms with van der Waals surface area (Å²) in [4.78, 5) is 10.2. The quantitative estimate of drug-likeness (QED) is 0.922. The van der Waals surface area contributed by atoms with Crippen molar-refractivity contribution in [3.8, 4) is 0 Å². The lowest BCUT2D eigenvalue weighted by atomic mass is 9.79. The molecule has 1 aromatic rings. The third-order valence-electron chi connectivity index (χ3n) is 4.49. The maximum Gasteiger partial charge on any atom is 0.338 e. The van der Waals surface area contributed by atoms with E-state index in [2.05, 4.69) is 0 Å². The van der Waals surface area contributed by atoms with Crippen LogP contribution in [0.2, 0.25) is 0 Å². The molecule has 2 aliphatic rings. The van der Waals surface area contributed by atoms with Crippen LogP contribution >= 0.6 is 0 Å². The average Bonchev–Trinajstić information content (AvgIpc) is 2.39. The lowest BCUT2D eigenvalue weighted by Crippen LogP contribution is -2.59. The van der Waals surface area contributed by atoms with Gasteiger partial charge < -0.3 is 5.11 Å². The van der Waals surface area contributed by atoms with Crippen LogP contribution in [0.4, 0.5) is 8.78 Å². The molecule has 1 N–H and O–H groups in total. The van der Waals surface area contributed by atoms with Crippen LogP contribution in [0.1, 0.15) is 36.0 Å². The van der Waals surface area contributed by atoms with E-state index in [1.807, 2.05) is 0 Å². The van der Waals surface area contributed by atoms with Crippen molar-refractivity contribution < 1.29 is 27.1 Å². The summed E-state index contributed by atoms with van der Waals surface area (Å²) in [6.45, 7) is 0.312. The number of carboxylic acids is 1. The van der Waals surface area contributed by atoms with Crippen molar-refractivity contribution >= 4 is 16.0 Å². The number of halogens is 2. The van der Waals surface area contributed by atoms with Gasteiger partial charge in [-0.3, -0.25) is 0 Å². The molecule has 0 spiro atoms. The van der Waals surface area contributed by atoms with Gasteiger partial charge in [0.25, 0.3) is 0 Å². The summed E-state index contributed by atoms with van der Waals surface area (Å²) in [5.74, 6) is -3.90. The van der Waals surface area contributed by atoms with E-state index in [4.69, 9.17) is 5.11 Å². The van der Waals surface area contributed by atoms with Crippen molar-refractivity contribution in [1.82, 2.24) is 4.31 Å². The molecule has 0 unspecified atom stereocenters. The van der Waals surface area contributed by atoms with Gasteiger partial charge in [0.05, 0.1) is 5.56 Å². The molecule has 2 atom stereocenters.